The molecule has 0 spiro atoms. The first-order chi connectivity index (χ1) is 13.2. The number of amides is 1. The normalized spacial score (nSPS) is 20.6. The number of carbonyl (C=O) groups is 1. The zero-order valence-corrected chi connectivity index (χ0v) is 14.7. The van der Waals surface area contributed by atoms with Crippen molar-refractivity contribution in [3.8, 4) is 0 Å². The van der Waals surface area contributed by atoms with Crippen molar-refractivity contribution in [2.24, 2.45) is 5.92 Å². The van der Waals surface area contributed by atoms with Gasteiger partial charge in [0.1, 0.15) is 5.60 Å². The van der Waals surface area contributed by atoms with Gasteiger partial charge >= 0.3 is 0 Å². The van der Waals surface area contributed by atoms with Gasteiger partial charge in [-0.25, -0.2) is 0 Å². The summed E-state index contributed by atoms with van der Waals surface area (Å²) in [4.78, 5) is 14.4. The molecule has 1 amide bonds. The molecule has 2 aliphatic rings. The highest BCUT2D eigenvalue weighted by atomic mass is 16.3. The number of nitrogens with zero attached hydrogens (tertiary/aromatic N) is 1. The molecule has 3 nitrogen and oxygen atoms in total. The largest absolute Gasteiger partial charge is 0.376 e. The smallest absolute Gasteiger partial charge is 0.236 e. The highest BCUT2D eigenvalue weighted by molar-refractivity contribution is 6.07. The molecule has 3 aromatic carbocycles. The monoisotopic (exact) mass is 353 g/mol. The standard InChI is InChI=1S/C24H19NO2/c26-23-19-15-16-21(19)25(23)22-14-8-7-13-20(22)24(27,17-9-3-1-4-10-17)18-11-5-2-6-12-18/h1-16,19,21,27H/t19-,21+/m1/s1. The summed E-state index contributed by atoms with van der Waals surface area (Å²) in [7, 11) is 0. The van der Waals surface area contributed by atoms with Gasteiger partial charge in [-0.3, -0.25) is 4.79 Å². The third-order valence-corrected chi connectivity index (χ3v) is 5.64. The number of fused-ring (bicyclic) bond motifs is 1. The Hall–Kier alpha value is -3.17. The van der Waals surface area contributed by atoms with Crippen molar-refractivity contribution in [3.05, 3.63) is 114 Å². The molecule has 0 radical (unpaired) electrons. The average molecular weight is 353 g/mol. The molecule has 132 valence electrons. The topological polar surface area (TPSA) is 40.5 Å². The van der Waals surface area contributed by atoms with Gasteiger partial charge in [-0.15, -0.1) is 0 Å². The van der Waals surface area contributed by atoms with E-state index in [1.54, 1.807) is 4.90 Å². The summed E-state index contributed by atoms with van der Waals surface area (Å²) in [6.45, 7) is 0. The van der Waals surface area contributed by atoms with Crippen LogP contribution in [0.25, 0.3) is 0 Å². The molecular formula is C24H19NO2. The lowest BCUT2D eigenvalue weighted by Crippen LogP contribution is -2.64. The first kappa shape index (κ1) is 16.0. The summed E-state index contributed by atoms with van der Waals surface area (Å²) in [6.07, 6.45) is 4.00. The van der Waals surface area contributed by atoms with Crippen LogP contribution in [0.5, 0.6) is 0 Å². The Morgan fingerprint density at radius 1 is 0.741 bits per heavy atom. The minimum atomic E-state index is -1.35. The van der Waals surface area contributed by atoms with Gasteiger partial charge in [0.15, 0.2) is 0 Å². The van der Waals surface area contributed by atoms with E-state index in [-0.39, 0.29) is 17.9 Å². The summed E-state index contributed by atoms with van der Waals surface area (Å²) in [5, 5.41) is 12.1. The zero-order chi connectivity index (χ0) is 18.4. The second-order valence-electron chi connectivity index (χ2n) is 7.07. The average Bonchev–Trinajstić information content (AvgIpc) is 2.72. The number of rotatable bonds is 4. The Balaban J connectivity index is 1.73. The van der Waals surface area contributed by atoms with Gasteiger partial charge in [0.05, 0.1) is 17.6 Å². The summed E-state index contributed by atoms with van der Waals surface area (Å²) in [5.41, 5.74) is 1.69. The molecule has 1 fully saturated rings. The maximum absolute atomic E-state index is 12.6. The lowest BCUT2D eigenvalue weighted by atomic mass is 9.75. The highest BCUT2D eigenvalue weighted by Crippen LogP contribution is 2.46. The number of hydrogen-bond donors (Lipinski definition) is 1. The van der Waals surface area contributed by atoms with Crippen LogP contribution >= 0.6 is 0 Å². The van der Waals surface area contributed by atoms with Crippen molar-refractivity contribution < 1.29 is 9.90 Å². The number of hydrogen-bond acceptors (Lipinski definition) is 2. The number of benzene rings is 3. The second-order valence-corrected chi connectivity index (χ2v) is 7.07. The van der Waals surface area contributed by atoms with Crippen molar-refractivity contribution in [2.75, 3.05) is 4.90 Å². The predicted molar refractivity (Wildman–Crippen MR) is 105 cm³/mol. The SMILES string of the molecule is O=C1[C@@H]2C=C[C@@H]2N1c1ccccc1C(O)(c1ccccc1)c1ccccc1. The summed E-state index contributed by atoms with van der Waals surface area (Å²) < 4.78 is 0. The summed E-state index contributed by atoms with van der Waals surface area (Å²) in [6, 6.07) is 27.0. The van der Waals surface area contributed by atoms with Crippen LogP contribution in [0.1, 0.15) is 16.7 Å². The van der Waals surface area contributed by atoms with E-state index in [1.807, 2.05) is 97.1 Å². The molecule has 3 heteroatoms. The van der Waals surface area contributed by atoms with Crippen LogP contribution in [0.15, 0.2) is 97.1 Å². The molecule has 1 aliphatic heterocycles. The predicted octanol–water partition coefficient (Wildman–Crippen LogP) is 3.87. The summed E-state index contributed by atoms with van der Waals surface area (Å²) >= 11 is 0. The van der Waals surface area contributed by atoms with Crippen LogP contribution in [0.4, 0.5) is 5.69 Å². The third-order valence-electron chi connectivity index (χ3n) is 5.64. The van der Waals surface area contributed by atoms with Crippen LogP contribution in [0.3, 0.4) is 0 Å². The van der Waals surface area contributed by atoms with Gasteiger partial charge < -0.3 is 10.0 Å². The Morgan fingerprint density at radius 3 is 1.81 bits per heavy atom. The fourth-order valence-corrected chi connectivity index (χ4v) is 4.13. The van der Waals surface area contributed by atoms with Gasteiger partial charge in [-0.05, 0) is 17.2 Å². The van der Waals surface area contributed by atoms with E-state index in [4.69, 9.17) is 0 Å². The van der Waals surface area contributed by atoms with E-state index in [0.29, 0.717) is 0 Å². The van der Waals surface area contributed by atoms with Gasteiger partial charge in [-0.2, -0.15) is 0 Å². The minimum absolute atomic E-state index is 0.000371. The Bertz CT molecular complexity index is 987. The fraction of sp³-hybridized carbons (Fsp3) is 0.125. The number of para-hydroxylation sites is 1. The molecule has 2 atom stereocenters. The van der Waals surface area contributed by atoms with Gasteiger partial charge in [0.25, 0.3) is 0 Å². The zero-order valence-electron chi connectivity index (χ0n) is 14.7. The van der Waals surface area contributed by atoms with E-state index >= 15 is 0 Å². The van der Waals surface area contributed by atoms with Gasteiger partial charge in [-0.1, -0.05) is 91.0 Å². The van der Waals surface area contributed by atoms with E-state index in [1.165, 1.54) is 0 Å². The molecule has 3 aromatic rings. The molecule has 1 saturated heterocycles. The van der Waals surface area contributed by atoms with Gasteiger partial charge in [0.2, 0.25) is 5.91 Å². The van der Waals surface area contributed by atoms with Crippen molar-refractivity contribution >= 4 is 11.6 Å². The van der Waals surface area contributed by atoms with Crippen LogP contribution in [-0.2, 0) is 10.4 Å². The maximum Gasteiger partial charge on any atom is 0.236 e. The van der Waals surface area contributed by atoms with Gasteiger partial charge in [0, 0.05) is 5.56 Å². The maximum atomic E-state index is 12.6. The lowest BCUT2D eigenvalue weighted by Gasteiger charge is -2.50. The van der Waals surface area contributed by atoms with E-state index < -0.39 is 5.60 Å². The Kier molecular flexibility index (Phi) is 3.52. The van der Waals surface area contributed by atoms with Crippen LogP contribution in [0.2, 0.25) is 0 Å². The summed E-state index contributed by atoms with van der Waals surface area (Å²) in [5.74, 6) is 0.0954. The van der Waals surface area contributed by atoms with Crippen LogP contribution in [-0.4, -0.2) is 17.1 Å². The van der Waals surface area contributed by atoms with E-state index in [2.05, 4.69) is 0 Å². The number of aliphatic hydroxyl groups is 1. The molecule has 0 unspecified atom stereocenters. The molecule has 0 aromatic heterocycles. The third kappa shape index (κ3) is 2.22. The Labute approximate surface area is 158 Å². The fourth-order valence-electron chi connectivity index (χ4n) is 4.13. The molecule has 1 N–H and O–H groups in total. The van der Waals surface area contributed by atoms with Crippen molar-refractivity contribution in [1.29, 1.82) is 0 Å². The molecule has 0 bridgehead atoms. The van der Waals surface area contributed by atoms with Crippen molar-refractivity contribution in [3.63, 3.8) is 0 Å². The molecule has 27 heavy (non-hydrogen) atoms. The van der Waals surface area contributed by atoms with Crippen LogP contribution < -0.4 is 4.90 Å². The molecule has 1 aliphatic carbocycles. The van der Waals surface area contributed by atoms with Crippen LogP contribution in [0, 0.1) is 5.92 Å². The second kappa shape index (κ2) is 5.93. The molecular weight excluding hydrogens is 334 g/mol. The van der Waals surface area contributed by atoms with Crippen molar-refractivity contribution in [2.45, 2.75) is 11.6 Å². The van der Waals surface area contributed by atoms with E-state index in [9.17, 15) is 9.90 Å². The number of β-lactam (4-membered cyclic amide) rings is 1. The quantitative estimate of drug-likeness (QED) is 0.439. The Morgan fingerprint density at radius 2 is 1.30 bits per heavy atom. The first-order valence-electron chi connectivity index (χ1n) is 9.15. The number of anilines is 1. The molecule has 5 rings (SSSR count). The molecule has 1 heterocycles. The number of carbonyl (C=O) groups excluding carboxylic acids is 1. The highest BCUT2D eigenvalue weighted by Gasteiger charge is 2.51. The van der Waals surface area contributed by atoms with Crippen molar-refractivity contribution in [1.82, 2.24) is 0 Å². The lowest BCUT2D eigenvalue weighted by molar-refractivity contribution is -0.128. The van der Waals surface area contributed by atoms with E-state index in [0.717, 1.165) is 22.4 Å². The minimum Gasteiger partial charge on any atom is -0.376 e. The first-order valence-corrected chi connectivity index (χ1v) is 9.15. The molecule has 0 saturated carbocycles.